The lowest BCUT2D eigenvalue weighted by Crippen LogP contribution is -2.42. The van der Waals surface area contributed by atoms with Crippen molar-refractivity contribution in [3.8, 4) is 22.8 Å². The molecule has 1 saturated heterocycles. The number of anilines is 1. The summed E-state index contributed by atoms with van der Waals surface area (Å²) in [6.45, 7) is 0. The van der Waals surface area contributed by atoms with Gasteiger partial charge in [0.25, 0.3) is 5.91 Å². The Balaban J connectivity index is 1.48. The van der Waals surface area contributed by atoms with Gasteiger partial charge in [-0.3, -0.25) is 14.9 Å². The maximum atomic E-state index is 12.7. The van der Waals surface area contributed by atoms with Crippen LogP contribution in [0.2, 0.25) is 0 Å². The van der Waals surface area contributed by atoms with E-state index in [0.29, 0.717) is 28.7 Å². The monoisotopic (exact) mass is 478 g/mol. The molecule has 2 amide bonds. The van der Waals surface area contributed by atoms with Gasteiger partial charge >= 0.3 is 0 Å². The molecule has 2 aliphatic heterocycles. The summed E-state index contributed by atoms with van der Waals surface area (Å²) in [7, 11) is -0.0688. The number of carbonyl (C=O) groups excluding carboxylic acids is 2. The Morgan fingerprint density at radius 1 is 1.22 bits per heavy atom. The second-order valence-corrected chi connectivity index (χ2v) is 10.5. The zero-order valence-electron chi connectivity index (χ0n) is 17.5. The smallest absolute Gasteiger partial charge is 0.273 e. The lowest BCUT2D eigenvalue weighted by molar-refractivity contribution is -0.133. The molecule has 1 fully saturated rings. The standard InChI is InChI=1S/C20H22N4O6S2/c1-29-16-5-3-12(9-17(16)30-2)15-10-31-20(21-15)22-19(26)14-4-6-18(25)24(23-14)13-7-8-32(27,28)11-13/h3,5,9-10,13H,4,6-8,11H2,1-2H3,(H,21,22,26). The molecular formula is C20H22N4O6S2. The predicted molar refractivity (Wildman–Crippen MR) is 120 cm³/mol. The number of sulfone groups is 1. The summed E-state index contributed by atoms with van der Waals surface area (Å²) in [5.41, 5.74) is 1.63. The van der Waals surface area contributed by atoms with E-state index >= 15 is 0 Å². The summed E-state index contributed by atoms with van der Waals surface area (Å²) < 4.78 is 34.1. The third-order valence-corrected chi connectivity index (χ3v) is 7.79. The van der Waals surface area contributed by atoms with Gasteiger partial charge in [-0.05, 0) is 24.6 Å². The third-order valence-electron chi connectivity index (χ3n) is 5.28. The van der Waals surface area contributed by atoms with Crippen LogP contribution in [0.4, 0.5) is 5.13 Å². The van der Waals surface area contributed by atoms with E-state index in [2.05, 4.69) is 15.4 Å². The van der Waals surface area contributed by atoms with Gasteiger partial charge in [-0.15, -0.1) is 11.3 Å². The van der Waals surface area contributed by atoms with Crippen molar-refractivity contribution in [2.45, 2.75) is 25.3 Å². The molecule has 1 aromatic heterocycles. The highest BCUT2D eigenvalue weighted by molar-refractivity contribution is 7.91. The van der Waals surface area contributed by atoms with Crippen molar-refractivity contribution in [3.05, 3.63) is 23.6 Å². The Labute approximate surface area is 189 Å². The van der Waals surface area contributed by atoms with Crippen molar-refractivity contribution in [2.24, 2.45) is 5.10 Å². The number of methoxy groups -OCH3 is 2. The first-order valence-corrected chi connectivity index (χ1v) is 12.6. The van der Waals surface area contributed by atoms with Gasteiger partial charge in [0.2, 0.25) is 5.91 Å². The highest BCUT2D eigenvalue weighted by Crippen LogP contribution is 2.33. The number of nitrogens with zero attached hydrogens (tertiary/aromatic N) is 3. The van der Waals surface area contributed by atoms with E-state index in [1.54, 1.807) is 31.7 Å². The van der Waals surface area contributed by atoms with Crippen molar-refractivity contribution in [3.63, 3.8) is 0 Å². The van der Waals surface area contributed by atoms with Crippen molar-refractivity contribution < 1.29 is 27.5 Å². The lowest BCUT2D eigenvalue weighted by atomic mass is 10.1. The van der Waals surface area contributed by atoms with Crippen LogP contribution in [0.15, 0.2) is 28.7 Å². The van der Waals surface area contributed by atoms with Gasteiger partial charge in [0.05, 0.1) is 37.5 Å². The van der Waals surface area contributed by atoms with Gasteiger partial charge < -0.3 is 9.47 Å². The number of benzene rings is 1. The predicted octanol–water partition coefficient (Wildman–Crippen LogP) is 1.93. The molecule has 3 heterocycles. The van der Waals surface area contributed by atoms with Crippen LogP contribution in [0.3, 0.4) is 0 Å². The van der Waals surface area contributed by atoms with E-state index < -0.39 is 21.8 Å². The van der Waals surface area contributed by atoms with Gasteiger partial charge in [-0.25, -0.2) is 18.4 Å². The molecule has 0 saturated carbocycles. The molecule has 0 radical (unpaired) electrons. The molecular weight excluding hydrogens is 456 g/mol. The van der Waals surface area contributed by atoms with Crippen LogP contribution < -0.4 is 14.8 Å². The van der Waals surface area contributed by atoms with Gasteiger partial charge in [0, 0.05) is 23.8 Å². The Bertz CT molecular complexity index is 1190. The van der Waals surface area contributed by atoms with E-state index in [1.165, 1.54) is 16.3 Å². The molecule has 1 N–H and O–H groups in total. The fraction of sp³-hybridized carbons (Fsp3) is 0.400. The van der Waals surface area contributed by atoms with Crippen LogP contribution in [-0.4, -0.2) is 67.7 Å². The topological polar surface area (TPSA) is 127 Å². The number of hydrogen-bond acceptors (Lipinski definition) is 9. The number of rotatable bonds is 6. The highest BCUT2D eigenvalue weighted by Gasteiger charge is 2.37. The SMILES string of the molecule is COc1ccc(-c2csc(NC(=O)C3=NN(C4CCS(=O)(=O)C4)C(=O)CC3)n2)cc1OC. The number of amides is 2. The summed E-state index contributed by atoms with van der Waals surface area (Å²) in [4.78, 5) is 29.4. The summed E-state index contributed by atoms with van der Waals surface area (Å²) in [6.07, 6.45) is 0.625. The Morgan fingerprint density at radius 2 is 2.00 bits per heavy atom. The number of hydrogen-bond donors (Lipinski definition) is 1. The second-order valence-electron chi connectivity index (χ2n) is 7.40. The molecule has 1 aromatic carbocycles. The molecule has 0 spiro atoms. The van der Waals surface area contributed by atoms with Crippen LogP contribution in [0.5, 0.6) is 11.5 Å². The van der Waals surface area contributed by atoms with Gasteiger partial charge in [0.1, 0.15) is 5.71 Å². The maximum Gasteiger partial charge on any atom is 0.273 e. The van der Waals surface area contributed by atoms with Crippen LogP contribution in [0.25, 0.3) is 11.3 Å². The van der Waals surface area contributed by atoms with Crippen LogP contribution >= 0.6 is 11.3 Å². The van der Waals surface area contributed by atoms with Crippen molar-refractivity contribution >= 4 is 43.8 Å². The minimum absolute atomic E-state index is 0.0243. The van der Waals surface area contributed by atoms with Crippen molar-refractivity contribution in [1.82, 2.24) is 9.99 Å². The minimum atomic E-state index is -3.18. The fourth-order valence-corrected chi connectivity index (χ4v) is 6.02. The first-order chi connectivity index (χ1) is 15.3. The zero-order chi connectivity index (χ0) is 22.9. The van der Waals surface area contributed by atoms with Crippen LogP contribution in [0.1, 0.15) is 19.3 Å². The first-order valence-electron chi connectivity index (χ1n) is 9.89. The molecule has 2 aliphatic rings. The normalized spacial score (nSPS) is 20.1. The summed E-state index contributed by atoms with van der Waals surface area (Å²) >= 11 is 1.26. The number of ether oxygens (including phenoxy) is 2. The Kier molecular flexibility index (Phi) is 6.15. The Hall–Kier alpha value is -2.99. The number of nitrogens with one attached hydrogen (secondary N) is 1. The zero-order valence-corrected chi connectivity index (χ0v) is 19.2. The summed E-state index contributed by atoms with van der Waals surface area (Å²) in [5, 5.41) is 10.3. The molecule has 1 atom stereocenters. The fourth-order valence-electron chi connectivity index (χ4n) is 3.62. The Morgan fingerprint density at radius 3 is 2.69 bits per heavy atom. The molecule has 170 valence electrons. The lowest BCUT2D eigenvalue weighted by Gasteiger charge is -2.27. The van der Waals surface area contributed by atoms with E-state index in [9.17, 15) is 18.0 Å². The highest BCUT2D eigenvalue weighted by atomic mass is 32.2. The number of carbonyl (C=O) groups is 2. The molecule has 0 aliphatic carbocycles. The van der Waals surface area contributed by atoms with E-state index in [4.69, 9.17) is 9.47 Å². The van der Waals surface area contributed by atoms with E-state index in [0.717, 1.165) is 5.56 Å². The third kappa shape index (κ3) is 4.60. The number of thiazole rings is 1. The average molecular weight is 479 g/mol. The van der Waals surface area contributed by atoms with Crippen LogP contribution in [-0.2, 0) is 19.4 Å². The van der Waals surface area contributed by atoms with Gasteiger partial charge in [-0.2, -0.15) is 5.10 Å². The quantitative estimate of drug-likeness (QED) is 0.672. The minimum Gasteiger partial charge on any atom is -0.493 e. The van der Waals surface area contributed by atoms with Gasteiger partial charge in [0.15, 0.2) is 26.5 Å². The maximum absolute atomic E-state index is 12.7. The first kappa shape index (κ1) is 22.2. The van der Waals surface area contributed by atoms with Crippen LogP contribution in [0, 0.1) is 0 Å². The molecule has 4 rings (SSSR count). The second kappa shape index (κ2) is 8.87. The molecule has 10 nitrogen and oxygen atoms in total. The largest absolute Gasteiger partial charge is 0.493 e. The molecule has 32 heavy (non-hydrogen) atoms. The number of aromatic nitrogens is 1. The number of hydrazone groups is 1. The molecule has 2 aromatic rings. The van der Waals surface area contributed by atoms with Crippen molar-refractivity contribution in [2.75, 3.05) is 31.0 Å². The van der Waals surface area contributed by atoms with Gasteiger partial charge in [-0.1, -0.05) is 0 Å². The summed E-state index contributed by atoms with van der Waals surface area (Å²) in [6, 6.07) is 4.89. The molecule has 0 bridgehead atoms. The molecule has 1 unspecified atom stereocenters. The van der Waals surface area contributed by atoms with E-state index in [-0.39, 0.29) is 36.0 Å². The van der Waals surface area contributed by atoms with Crippen molar-refractivity contribution in [1.29, 1.82) is 0 Å². The van der Waals surface area contributed by atoms with E-state index in [1.807, 2.05) is 6.07 Å². The molecule has 12 heteroatoms. The summed E-state index contributed by atoms with van der Waals surface area (Å²) in [5.74, 6) is 0.336. The average Bonchev–Trinajstić information content (AvgIpc) is 3.39.